The van der Waals surface area contributed by atoms with Crippen LogP contribution in [0.25, 0.3) is 0 Å². The highest BCUT2D eigenvalue weighted by molar-refractivity contribution is 7.91. The Labute approximate surface area is 154 Å². The summed E-state index contributed by atoms with van der Waals surface area (Å²) in [5.74, 6) is -2.46. The van der Waals surface area contributed by atoms with Gasteiger partial charge in [-0.15, -0.1) is 0 Å². The van der Waals surface area contributed by atoms with Crippen LogP contribution in [0.1, 0.15) is 6.42 Å². The molecular weight excluding hydrogens is 385 g/mol. The predicted octanol–water partition coefficient (Wildman–Crippen LogP) is 2.82. The first-order valence-corrected chi connectivity index (χ1v) is 9.49. The fourth-order valence-corrected chi connectivity index (χ4v) is 3.27. The molecule has 0 fully saturated rings. The average molecular weight is 400 g/mol. The van der Waals surface area contributed by atoms with Crippen LogP contribution in [0.15, 0.2) is 53.4 Å². The van der Waals surface area contributed by atoms with E-state index in [9.17, 15) is 22.4 Å². The van der Waals surface area contributed by atoms with Gasteiger partial charge in [0.1, 0.15) is 5.82 Å². The molecule has 0 aliphatic rings. The van der Waals surface area contributed by atoms with Crippen LogP contribution < -0.4 is 5.32 Å². The monoisotopic (exact) mass is 399 g/mol. The van der Waals surface area contributed by atoms with Crippen LogP contribution >= 0.6 is 11.6 Å². The fraction of sp³-hybridized carbons (Fsp3) is 0.176. The highest BCUT2D eigenvalue weighted by atomic mass is 35.5. The first-order valence-electron chi connectivity index (χ1n) is 7.45. The molecule has 0 saturated carbocycles. The van der Waals surface area contributed by atoms with Crippen molar-refractivity contribution in [3.63, 3.8) is 0 Å². The molecule has 2 aromatic rings. The van der Waals surface area contributed by atoms with Gasteiger partial charge < -0.3 is 10.1 Å². The molecular formula is C17H15ClFNO5S. The second-order valence-corrected chi connectivity index (χ2v) is 7.78. The van der Waals surface area contributed by atoms with Gasteiger partial charge in [0.15, 0.2) is 16.4 Å². The molecule has 1 amide bonds. The van der Waals surface area contributed by atoms with E-state index in [2.05, 4.69) is 5.32 Å². The second-order valence-electron chi connectivity index (χ2n) is 5.24. The number of carbonyl (C=O) groups is 2. The van der Waals surface area contributed by atoms with E-state index >= 15 is 0 Å². The highest BCUT2D eigenvalue weighted by Gasteiger charge is 2.17. The van der Waals surface area contributed by atoms with Crippen LogP contribution in [0.4, 0.5) is 10.1 Å². The molecule has 0 aliphatic heterocycles. The SMILES string of the molecule is O=C(COC(=O)CCS(=O)(=O)c1ccc(F)cc1)Nc1ccc(Cl)cc1. The molecule has 0 atom stereocenters. The van der Waals surface area contributed by atoms with Gasteiger partial charge in [-0.2, -0.15) is 0 Å². The summed E-state index contributed by atoms with van der Waals surface area (Å²) in [5.41, 5.74) is 0.481. The molecule has 0 heterocycles. The summed E-state index contributed by atoms with van der Waals surface area (Å²) in [5, 5.41) is 3.01. The van der Waals surface area contributed by atoms with E-state index in [1.807, 2.05) is 0 Å². The van der Waals surface area contributed by atoms with E-state index in [1.54, 1.807) is 24.3 Å². The van der Waals surface area contributed by atoms with Crippen LogP contribution in [0.3, 0.4) is 0 Å². The van der Waals surface area contributed by atoms with Crippen molar-refractivity contribution in [1.29, 1.82) is 0 Å². The molecule has 138 valence electrons. The van der Waals surface area contributed by atoms with Crippen molar-refractivity contribution >= 4 is 39.0 Å². The lowest BCUT2D eigenvalue weighted by Crippen LogP contribution is -2.22. The van der Waals surface area contributed by atoms with Gasteiger partial charge in [0.25, 0.3) is 5.91 Å². The van der Waals surface area contributed by atoms with Gasteiger partial charge >= 0.3 is 5.97 Å². The second kappa shape index (κ2) is 8.77. The summed E-state index contributed by atoms with van der Waals surface area (Å²) >= 11 is 5.72. The summed E-state index contributed by atoms with van der Waals surface area (Å²) in [6.07, 6.45) is -0.423. The number of ether oxygens (including phenoxy) is 1. The third-order valence-corrected chi connectivity index (χ3v) is 5.22. The zero-order chi connectivity index (χ0) is 19.2. The molecule has 0 saturated heterocycles. The number of amides is 1. The Balaban J connectivity index is 1.78. The average Bonchev–Trinajstić information content (AvgIpc) is 2.61. The lowest BCUT2D eigenvalue weighted by Gasteiger charge is -2.07. The van der Waals surface area contributed by atoms with Crippen molar-refractivity contribution in [2.75, 3.05) is 17.7 Å². The van der Waals surface area contributed by atoms with Gasteiger partial charge in [-0.3, -0.25) is 9.59 Å². The van der Waals surface area contributed by atoms with Crippen molar-refractivity contribution in [2.45, 2.75) is 11.3 Å². The minimum Gasteiger partial charge on any atom is -0.456 e. The maximum atomic E-state index is 12.8. The standard InChI is InChI=1S/C17H15ClFNO5S/c18-12-1-5-14(6-2-12)20-16(21)11-25-17(22)9-10-26(23,24)15-7-3-13(19)4-8-15/h1-8H,9-11H2,(H,20,21). The molecule has 6 nitrogen and oxygen atoms in total. The maximum absolute atomic E-state index is 12.8. The Bertz CT molecular complexity index is 882. The van der Waals surface area contributed by atoms with E-state index in [4.69, 9.17) is 16.3 Å². The number of halogens is 2. The van der Waals surface area contributed by atoms with Gasteiger partial charge in [-0.25, -0.2) is 12.8 Å². The van der Waals surface area contributed by atoms with E-state index < -0.39 is 46.3 Å². The number of hydrogen-bond acceptors (Lipinski definition) is 5. The topological polar surface area (TPSA) is 89.5 Å². The predicted molar refractivity (Wildman–Crippen MR) is 94.1 cm³/mol. The Morgan fingerprint density at radius 3 is 2.27 bits per heavy atom. The van der Waals surface area contributed by atoms with Gasteiger partial charge in [-0.1, -0.05) is 11.6 Å². The normalized spacial score (nSPS) is 11.0. The van der Waals surface area contributed by atoms with Gasteiger partial charge in [0.05, 0.1) is 17.1 Å². The molecule has 0 aromatic heterocycles. The van der Waals surface area contributed by atoms with Crippen LogP contribution in [0.2, 0.25) is 5.02 Å². The Hall–Kier alpha value is -2.45. The third-order valence-electron chi connectivity index (χ3n) is 3.24. The Morgan fingerprint density at radius 1 is 1.04 bits per heavy atom. The third kappa shape index (κ3) is 6.12. The van der Waals surface area contributed by atoms with Crippen molar-refractivity contribution in [3.05, 3.63) is 59.4 Å². The van der Waals surface area contributed by atoms with Gasteiger partial charge in [0, 0.05) is 10.7 Å². The van der Waals surface area contributed by atoms with Crippen LogP contribution in [0, 0.1) is 5.82 Å². The smallest absolute Gasteiger partial charge is 0.307 e. The van der Waals surface area contributed by atoms with E-state index in [0.29, 0.717) is 10.7 Å². The molecule has 2 aromatic carbocycles. The largest absolute Gasteiger partial charge is 0.456 e. The number of rotatable bonds is 7. The van der Waals surface area contributed by atoms with E-state index in [1.165, 1.54) is 0 Å². The van der Waals surface area contributed by atoms with E-state index in [-0.39, 0.29) is 4.90 Å². The van der Waals surface area contributed by atoms with Crippen molar-refractivity contribution < 1.29 is 27.1 Å². The van der Waals surface area contributed by atoms with Crippen molar-refractivity contribution in [3.8, 4) is 0 Å². The van der Waals surface area contributed by atoms with Gasteiger partial charge in [-0.05, 0) is 48.5 Å². The molecule has 2 rings (SSSR count). The first-order chi connectivity index (χ1) is 12.3. The number of nitrogens with one attached hydrogen (secondary N) is 1. The summed E-state index contributed by atoms with van der Waals surface area (Å²) in [7, 11) is -3.74. The van der Waals surface area contributed by atoms with E-state index in [0.717, 1.165) is 24.3 Å². The molecule has 0 bridgehead atoms. The van der Waals surface area contributed by atoms with Crippen LogP contribution in [-0.4, -0.2) is 32.7 Å². The molecule has 0 radical (unpaired) electrons. The first kappa shape index (κ1) is 19.9. The Kier molecular flexibility index (Phi) is 6.70. The zero-order valence-corrected chi connectivity index (χ0v) is 15.0. The Morgan fingerprint density at radius 2 is 1.65 bits per heavy atom. The number of esters is 1. The summed E-state index contributed by atoms with van der Waals surface area (Å²) in [6, 6.07) is 10.6. The maximum Gasteiger partial charge on any atom is 0.307 e. The summed E-state index contributed by atoms with van der Waals surface area (Å²) < 4.78 is 41.6. The molecule has 0 unspecified atom stereocenters. The number of benzene rings is 2. The fourth-order valence-electron chi connectivity index (χ4n) is 1.93. The minimum atomic E-state index is -3.74. The number of anilines is 1. The molecule has 26 heavy (non-hydrogen) atoms. The van der Waals surface area contributed by atoms with Gasteiger partial charge in [0.2, 0.25) is 0 Å². The summed E-state index contributed by atoms with van der Waals surface area (Å²) in [6.45, 7) is -0.544. The lowest BCUT2D eigenvalue weighted by molar-refractivity contribution is -0.146. The molecule has 0 spiro atoms. The van der Waals surface area contributed by atoms with Crippen LogP contribution in [0.5, 0.6) is 0 Å². The molecule has 0 aliphatic carbocycles. The van der Waals surface area contributed by atoms with Crippen molar-refractivity contribution in [2.24, 2.45) is 0 Å². The number of hydrogen-bond donors (Lipinski definition) is 1. The number of sulfone groups is 1. The minimum absolute atomic E-state index is 0.0906. The summed E-state index contributed by atoms with van der Waals surface area (Å²) in [4.78, 5) is 23.2. The lowest BCUT2D eigenvalue weighted by atomic mass is 10.3. The highest BCUT2D eigenvalue weighted by Crippen LogP contribution is 2.14. The number of carbonyl (C=O) groups excluding carboxylic acids is 2. The molecule has 1 N–H and O–H groups in total. The van der Waals surface area contributed by atoms with Crippen molar-refractivity contribution in [1.82, 2.24) is 0 Å². The zero-order valence-electron chi connectivity index (χ0n) is 13.4. The molecule has 9 heteroatoms. The van der Waals surface area contributed by atoms with Crippen LogP contribution in [-0.2, 0) is 24.2 Å². The quantitative estimate of drug-likeness (QED) is 0.571.